The van der Waals surface area contributed by atoms with Crippen LogP contribution in [0.15, 0.2) is 22.8 Å². The van der Waals surface area contributed by atoms with Crippen LogP contribution >= 0.6 is 15.9 Å². The number of nitrogens with zero attached hydrogens (tertiary/aromatic N) is 1. The molecule has 1 aliphatic carbocycles. The molecule has 0 radical (unpaired) electrons. The van der Waals surface area contributed by atoms with Gasteiger partial charge in [-0.05, 0) is 59.7 Å². The summed E-state index contributed by atoms with van der Waals surface area (Å²) in [4.78, 5) is 16.0. The molecule has 0 aliphatic heterocycles. The molecule has 4 heteroatoms. The molecular weight excluding hydrogens is 306 g/mol. The summed E-state index contributed by atoms with van der Waals surface area (Å²) >= 11 is 3.41. The van der Waals surface area contributed by atoms with Crippen LogP contribution in [0.25, 0.3) is 0 Å². The number of rotatable bonds is 3. The number of carbonyl (C=O) groups excluding carboxylic acids is 1. The molecule has 1 heterocycles. The molecule has 1 aromatic heterocycles. The van der Waals surface area contributed by atoms with Gasteiger partial charge in [0.05, 0.1) is 13.0 Å². The van der Waals surface area contributed by atoms with Gasteiger partial charge in [0.1, 0.15) is 0 Å². The molecule has 1 aromatic rings. The summed E-state index contributed by atoms with van der Waals surface area (Å²) in [5.74, 6) is 1.13. The van der Waals surface area contributed by atoms with E-state index in [9.17, 15) is 4.79 Å². The van der Waals surface area contributed by atoms with E-state index in [1.165, 1.54) is 7.11 Å². The van der Waals surface area contributed by atoms with Gasteiger partial charge in [0.2, 0.25) is 0 Å². The van der Waals surface area contributed by atoms with Gasteiger partial charge in [0.25, 0.3) is 0 Å². The third kappa shape index (κ3) is 3.56. The third-order valence-electron chi connectivity index (χ3n) is 4.23. The van der Waals surface area contributed by atoms with Crippen molar-refractivity contribution in [1.29, 1.82) is 0 Å². The zero-order chi connectivity index (χ0) is 13.8. The van der Waals surface area contributed by atoms with Crippen molar-refractivity contribution in [2.24, 2.45) is 11.8 Å². The molecular formula is C15H20BrNO2. The Morgan fingerprint density at radius 3 is 2.58 bits per heavy atom. The molecule has 0 aromatic carbocycles. The van der Waals surface area contributed by atoms with Crippen molar-refractivity contribution in [3.05, 3.63) is 28.5 Å². The summed E-state index contributed by atoms with van der Waals surface area (Å²) in [5.41, 5.74) is 1.14. The lowest BCUT2D eigenvalue weighted by atomic mass is 9.75. The minimum Gasteiger partial charge on any atom is -0.469 e. The Labute approximate surface area is 122 Å². The summed E-state index contributed by atoms with van der Waals surface area (Å²) in [6, 6.07) is 4.13. The van der Waals surface area contributed by atoms with E-state index in [-0.39, 0.29) is 11.9 Å². The molecule has 104 valence electrons. The van der Waals surface area contributed by atoms with Gasteiger partial charge in [-0.15, -0.1) is 0 Å². The lowest BCUT2D eigenvalue weighted by Crippen LogP contribution is -2.25. The summed E-state index contributed by atoms with van der Waals surface area (Å²) in [6.45, 7) is 2.24. The molecule has 19 heavy (non-hydrogen) atoms. The average Bonchev–Trinajstić information content (AvgIpc) is 2.46. The molecule has 1 fully saturated rings. The molecule has 1 atom stereocenters. The van der Waals surface area contributed by atoms with Crippen molar-refractivity contribution in [3.8, 4) is 0 Å². The minimum atomic E-state index is -0.0483. The summed E-state index contributed by atoms with van der Waals surface area (Å²) in [7, 11) is 1.47. The molecule has 1 saturated carbocycles. The number of carbonyl (C=O) groups is 1. The fourth-order valence-corrected chi connectivity index (χ4v) is 3.15. The van der Waals surface area contributed by atoms with Crippen LogP contribution in [0, 0.1) is 11.8 Å². The highest BCUT2D eigenvalue weighted by Crippen LogP contribution is 2.37. The number of methoxy groups -OCH3 is 1. The zero-order valence-corrected chi connectivity index (χ0v) is 13.0. The van der Waals surface area contributed by atoms with Crippen LogP contribution in [0.1, 0.15) is 44.2 Å². The highest BCUT2D eigenvalue weighted by Gasteiger charge is 2.30. The molecule has 3 nitrogen and oxygen atoms in total. The number of pyridine rings is 1. The van der Waals surface area contributed by atoms with Crippen molar-refractivity contribution in [2.45, 2.75) is 38.5 Å². The van der Waals surface area contributed by atoms with E-state index >= 15 is 0 Å². The second-order valence-corrected chi connectivity index (χ2v) is 6.24. The maximum atomic E-state index is 11.5. The van der Waals surface area contributed by atoms with Crippen LogP contribution in [0.2, 0.25) is 0 Å². The normalized spacial score (nSPS) is 24.8. The van der Waals surface area contributed by atoms with Gasteiger partial charge < -0.3 is 4.74 Å². The largest absolute Gasteiger partial charge is 0.469 e. The Morgan fingerprint density at radius 1 is 1.37 bits per heavy atom. The molecule has 0 bridgehead atoms. The summed E-state index contributed by atoms with van der Waals surface area (Å²) in [5, 5.41) is 0. The third-order valence-corrected chi connectivity index (χ3v) is 4.70. The van der Waals surface area contributed by atoms with Gasteiger partial charge in [-0.2, -0.15) is 0 Å². The predicted molar refractivity (Wildman–Crippen MR) is 77.8 cm³/mol. The first-order chi connectivity index (χ1) is 9.11. The SMILES string of the molecule is COC(=O)C1CCC([C@H](C)c2ccc(Br)cn2)CC1. The first-order valence-corrected chi connectivity index (χ1v) is 7.60. The second-order valence-electron chi connectivity index (χ2n) is 5.32. The van der Waals surface area contributed by atoms with Crippen molar-refractivity contribution in [3.63, 3.8) is 0 Å². The van der Waals surface area contributed by atoms with E-state index < -0.39 is 0 Å². The molecule has 0 N–H and O–H groups in total. The molecule has 0 amide bonds. The maximum absolute atomic E-state index is 11.5. The first-order valence-electron chi connectivity index (χ1n) is 6.81. The van der Waals surface area contributed by atoms with Gasteiger partial charge in [0, 0.05) is 22.3 Å². The van der Waals surface area contributed by atoms with Crippen LogP contribution in [-0.4, -0.2) is 18.1 Å². The maximum Gasteiger partial charge on any atom is 0.308 e. The first kappa shape index (κ1) is 14.5. The van der Waals surface area contributed by atoms with Gasteiger partial charge in [-0.25, -0.2) is 0 Å². The van der Waals surface area contributed by atoms with E-state index in [4.69, 9.17) is 4.74 Å². The topological polar surface area (TPSA) is 39.2 Å². The standard InChI is InChI=1S/C15H20BrNO2/c1-10(14-8-7-13(16)9-17-14)11-3-5-12(6-4-11)15(18)19-2/h7-12H,3-6H2,1-2H3/t10-,11?,12?/m0/s1. The van der Waals surface area contributed by atoms with Crippen LogP contribution in [-0.2, 0) is 9.53 Å². The fourth-order valence-electron chi connectivity index (χ4n) is 2.92. The Morgan fingerprint density at radius 2 is 2.05 bits per heavy atom. The zero-order valence-electron chi connectivity index (χ0n) is 11.4. The Hall–Kier alpha value is -0.900. The Bertz CT molecular complexity index is 424. The highest BCUT2D eigenvalue weighted by atomic mass is 79.9. The average molecular weight is 326 g/mol. The summed E-state index contributed by atoms with van der Waals surface area (Å²) in [6.07, 6.45) is 5.90. The highest BCUT2D eigenvalue weighted by molar-refractivity contribution is 9.10. The monoisotopic (exact) mass is 325 g/mol. The number of ether oxygens (including phenoxy) is 1. The number of halogens is 1. The van der Waals surface area contributed by atoms with E-state index in [0.29, 0.717) is 11.8 Å². The molecule has 1 aliphatic rings. The minimum absolute atomic E-state index is 0.0483. The van der Waals surface area contributed by atoms with Crippen LogP contribution in [0.4, 0.5) is 0 Å². The number of hydrogen-bond donors (Lipinski definition) is 0. The van der Waals surface area contributed by atoms with Crippen molar-refractivity contribution in [2.75, 3.05) is 7.11 Å². The molecule has 0 unspecified atom stereocenters. The van der Waals surface area contributed by atoms with E-state index in [1.54, 1.807) is 0 Å². The number of hydrogen-bond acceptors (Lipinski definition) is 3. The quantitative estimate of drug-likeness (QED) is 0.790. The predicted octanol–water partition coefficient (Wildman–Crippen LogP) is 3.93. The lowest BCUT2D eigenvalue weighted by Gasteiger charge is -2.30. The van der Waals surface area contributed by atoms with Gasteiger partial charge >= 0.3 is 5.97 Å². The lowest BCUT2D eigenvalue weighted by molar-refractivity contribution is -0.146. The Kier molecular flexibility index (Phi) is 4.97. The van der Waals surface area contributed by atoms with Crippen molar-refractivity contribution in [1.82, 2.24) is 4.98 Å². The number of esters is 1. The van der Waals surface area contributed by atoms with Crippen molar-refractivity contribution >= 4 is 21.9 Å². The fraction of sp³-hybridized carbons (Fsp3) is 0.600. The van der Waals surface area contributed by atoms with E-state index in [0.717, 1.165) is 35.8 Å². The van der Waals surface area contributed by atoms with Crippen LogP contribution < -0.4 is 0 Å². The van der Waals surface area contributed by atoms with E-state index in [1.807, 2.05) is 12.3 Å². The molecule has 0 spiro atoms. The summed E-state index contributed by atoms with van der Waals surface area (Å²) < 4.78 is 5.84. The van der Waals surface area contributed by atoms with Gasteiger partial charge in [0.15, 0.2) is 0 Å². The van der Waals surface area contributed by atoms with E-state index in [2.05, 4.69) is 33.9 Å². The Balaban J connectivity index is 1.94. The van der Waals surface area contributed by atoms with Crippen molar-refractivity contribution < 1.29 is 9.53 Å². The molecule has 2 rings (SSSR count). The smallest absolute Gasteiger partial charge is 0.308 e. The molecule has 0 saturated heterocycles. The second kappa shape index (κ2) is 6.51. The van der Waals surface area contributed by atoms with Gasteiger partial charge in [-0.1, -0.05) is 6.92 Å². The van der Waals surface area contributed by atoms with Crippen LogP contribution in [0.3, 0.4) is 0 Å². The van der Waals surface area contributed by atoms with Gasteiger partial charge in [-0.3, -0.25) is 9.78 Å². The number of aromatic nitrogens is 1. The van der Waals surface area contributed by atoms with Crippen LogP contribution in [0.5, 0.6) is 0 Å².